The van der Waals surface area contributed by atoms with Gasteiger partial charge in [0.05, 0.1) is 61.8 Å². The Morgan fingerprint density at radius 1 is 0.568 bits per heavy atom. The summed E-state index contributed by atoms with van der Waals surface area (Å²) in [5.74, 6) is 10.7. The number of nitrogens with zero attached hydrogens (tertiary/aromatic N) is 11. The number of unbranched alkanes of at least 4 members (excludes halogenated alkanes) is 9. The highest BCUT2D eigenvalue weighted by atomic mass is 16.7. The molecule has 0 saturated carbocycles. The average Bonchev–Trinajstić information content (AvgIpc) is 1.77. The van der Waals surface area contributed by atoms with Crippen molar-refractivity contribution in [2.75, 3.05) is 85.6 Å². The standard InChI is InChI=1S/C72H130N16O23/c1-44-59(95)61(97)53(40-89)108-68(44)104-28-18-8-13-23-76-32-49(79-74)37-85(33-48(73)34-86(75)25-14-9-19-30-106-70-57(77-46(3)93)65(101)63(99)55(42-91)110-70)52(67(103)72(5,6)7)22-12-17-24-84(35-50-38-87(82-80-50)26-15-10-20-29-105-69-45(2)60(96)62(98)54(41-90)109-69)36-51-39-88(83-81-51)27-16-11-21-31-107-71-58(78-47(4)94)66(102)64(100)56(43-92)111-71/h32,34,38-39,44-45,52-66,68-71,89-92,95-102H,8-31,33,35-37,40-43,73-75H2,1-7H3,(H,77,93)(H,78,94)/b48-34-,76-32?,79-49?/t44-,45-,52?,53-,54-,55-,56-,57-,58-,59-,60-,61+,62+,63+,64+,65-,66-,68-,69-,70-,71-/m1/s1. The van der Waals surface area contributed by atoms with Crippen molar-refractivity contribution in [3.8, 4) is 0 Å². The SMILES string of the molecule is CC(=O)N[C@H]1[C@H](OCCCCCN(N)/C=C(\N)CN(CC(C=NCCCCCO[C@@H]2O[C@H](CO)[C@H](O)[C@H](O)[C@H]2C)=NN)C(CCCCN(Cc2cn(CCCCCO[C@@H]3O[C@H](CO)[C@H](O)[C@H](O)[C@H]3C)nn2)Cc2cn(CCCCCO[C@@H]3O[C@H](CO)[C@H](O)[C@H](O)[C@H]3NC(C)=O)nn2)C(=O)C(C)(C)C)O[C@H](CO)[C@H](O)[C@@H]1O. The van der Waals surface area contributed by atoms with Crippen molar-refractivity contribution >= 4 is 29.5 Å². The third-order valence-corrected chi connectivity index (χ3v) is 20.2. The van der Waals surface area contributed by atoms with Crippen molar-refractivity contribution in [3.05, 3.63) is 35.7 Å². The lowest BCUT2D eigenvalue weighted by Gasteiger charge is -2.42. The van der Waals surface area contributed by atoms with Gasteiger partial charge < -0.3 is 126 Å². The lowest BCUT2D eigenvalue weighted by Crippen LogP contribution is -2.64. The number of Topliss-reactive ketones (excluding diaryl/α,β-unsaturated/α-hetero) is 1. The fourth-order valence-corrected chi connectivity index (χ4v) is 13.7. The number of carbonyl (C=O) groups excluding carboxylic acids is 3. The molecule has 20 N–H and O–H groups in total. The van der Waals surface area contributed by atoms with Crippen LogP contribution < -0.4 is 28.1 Å². The Labute approximate surface area is 649 Å². The van der Waals surface area contributed by atoms with Crippen LogP contribution in [0.5, 0.6) is 0 Å². The van der Waals surface area contributed by atoms with E-state index in [1.807, 2.05) is 38.1 Å². The second kappa shape index (κ2) is 48.7. The van der Waals surface area contributed by atoms with E-state index in [0.717, 1.165) is 19.3 Å². The van der Waals surface area contributed by atoms with Crippen molar-refractivity contribution in [2.45, 2.75) is 287 Å². The molecule has 0 radical (unpaired) electrons. The predicted octanol–water partition coefficient (Wildman–Crippen LogP) is -3.53. The van der Waals surface area contributed by atoms with Gasteiger partial charge in [-0.25, -0.2) is 5.84 Å². The number of carbonyl (C=O) groups is 3. The highest BCUT2D eigenvalue weighted by Crippen LogP contribution is 2.31. The summed E-state index contributed by atoms with van der Waals surface area (Å²) >= 11 is 0. The van der Waals surface area contributed by atoms with Gasteiger partial charge in [0.1, 0.15) is 73.1 Å². The van der Waals surface area contributed by atoms with Crippen LogP contribution in [-0.2, 0) is 78.5 Å². The van der Waals surface area contributed by atoms with E-state index in [-0.39, 0.29) is 32.1 Å². The molecule has 2 aromatic heterocycles. The zero-order valence-corrected chi connectivity index (χ0v) is 65.6. The van der Waals surface area contributed by atoms with Crippen molar-refractivity contribution in [2.24, 2.45) is 44.8 Å². The fraction of sp³-hybridized carbons (Fsp3) is 0.847. The molecule has 6 rings (SSSR count). The Morgan fingerprint density at radius 2 is 0.973 bits per heavy atom. The van der Waals surface area contributed by atoms with Gasteiger partial charge in [-0.1, -0.05) is 51.5 Å². The molecule has 4 fully saturated rings. The quantitative estimate of drug-likeness (QED) is 0.0132. The third-order valence-electron chi connectivity index (χ3n) is 20.2. The number of hydrazone groups is 1. The molecule has 4 saturated heterocycles. The van der Waals surface area contributed by atoms with Crippen molar-refractivity contribution in [3.63, 3.8) is 0 Å². The van der Waals surface area contributed by atoms with Gasteiger partial charge in [0.2, 0.25) is 11.8 Å². The Morgan fingerprint density at radius 3 is 1.40 bits per heavy atom. The number of hydrogen-bond donors (Lipinski definition) is 17. The number of aliphatic imine (C=N–C) groups is 1. The van der Waals surface area contributed by atoms with Gasteiger partial charge in [0.15, 0.2) is 30.9 Å². The summed E-state index contributed by atoms with van der Waals surface area (Å²) in [4.78, 5) is 47.6. The van der Waals surface area contributed by atoms with Crippen molar-refractivity contribution in [1.29, 1.82) is 0 Å². The number of amides is 2. The molecular weight excluding hydrogens is 1460 g/mol. The predicted molar refractivity (Wildman–Crippen MR) is 400 cm³/mol. The normalized spacial score (nSPS) is 29.4. The topological polar surface area (TPSA) is 566 Å². The molecule has 2 amide bonds. The average molecular weight is 1590 g/mol. The molecule has 111 heavy (non-hydrogen) atoms. The van der Waals surface area contributed by atoms with Crippen LogP contribution in [-0.4, -0.2) is 338 Å². The molecule has 636 valence electrons. The first-order chi connectivity index (χ1) is 53.0. The molecule has 0 aliphatic carbocycles. The van der Waals surface area contributed by atoms with Crippen molar-refractivity contribution in [1.82, 2.24) is 55.4 Å². The minimum absolute atomic E-state index is 0.0526. The number of rotatable bonds is 51. The van der Waals surface area contributed by atoms with Gasteiger partial charge >= 0.3 is 0 Å². The van der Waals surface area contributed by atoms with Gasteiger partial charge in [-0.3, -0.25) is 38.5 Å². The number of ketones is 1. The van der Waals surface area contributed by atoms with Crippen LogP contribution in [0.2, 0.25) is 0 Å². The van der Waals surface area contributed by atoms with E-state index < -0.39 is 172 Å². The minimum Gasteiger partial charge on any atom is -0.400 e. The number of aryl methyl sites for hydroxylation is 2. The first kappa shape index (κ1) is 94.3. The van der Waals surface area contributed by atoms with Gasteiger partial charge in [-0.15, -0.1) is 10.2 Å². The van der Waals surface area contributed by atoms with E-state index in [1.165, 1.54) is 18.9 Å². The fourth-order valence-electron chi connectivity index (χ4n) is 13.7. The molecule has 39 heteroatoms. The maximum atomic E-state index is 14.9. The Hall–Kier alpha value is -5.55. The lowest BCUT2D eigenvalue weighted by atomic mass is 9.83. The molecule has 0 aromatic carbocycles. The lowest BCUT2D eigenvalue weighted by molar-refractivity contribution is -0.282. The molecule has 0 spiro atoms. The molecule has 21 atom stereocenters. The Balaban J connectivity index is 1.12. The summed E-state index contributed by atoms with van der Waals surface area (Å²) in [7, 11) is 0. The van der Waals surface area contributed by atoms with Crippen LogP contribution in [0, 0.1) is 17.3 Å². The second-order valence-corrected chi connectivity index (χ2v) is 30.5. The maximum Gasteiger partial charge on any atom is 0.217 e. The van der Waals surface area contributed by atoms with E-state index in [1.54, 1.807) is 35.6 Å². The van der Waals surface area contributed by atoms with Crippen LogP contribution in [0.3, 0.4) is 0 Å². The number of hydrogen-bond acceptors (Lipinski definition) is 35. The number of aliphatic hydroxyl groups excluding tert-OH is 12. The molecule has 4 aliphatic heterocycles. The number of hydrazine groups is 1. The minimum atomic E-state index is -1.44. The molecule has 39 nitrogen and oxygen atoms in total. The third kappa shape index (κ3) is 30.5. The van der Waals surface area contributed by atoms with E-state index in [0.29, 0.717) is 159 Å². The number of aromatic nitrogens is 6. The van der Waals surface area contributed by atoms with E-state index in [9.17, 15) is 75.7 Å². The Kier molecular flexibility index (Phi) is 41.4. The summed E-state index contributed by atoms with van der Waals surface area (Å²) in [5.41, 5.74) is 8.18. The smallest absolute Gasteiger partial charge is 0.217 e. The molecule has 1 unspecified atom stereocenters. The zero-order valence-electron chi connectivity index (χ0n) is 65.6. The monoisotopic (exact) mass is 1590 g/mol. The van der Waals surface area contributed by atoms with E-state index in [4.69, 9.17) is 55.3 Å². The van der Waals surface area contributed by atoms with Gasteiger partial charge in [0.25, 0.3) is 0 Å². The van der Waals surface area contributed by atoms with Crippen LogP contribution >= 0.6 is 0 Å². The molecular formula is C72H130N16O23. The zero-order chi connectivity index (χ0) is 81.3. The Bertz CT molecular complexity index is 3080. The van der Waals surface area contributed by atoms with Crippen LogP contribution in [0.15, 0.2) is 34.4 Å². The summed E-state index contributed by atoms with van der Waals surface area (Å²) in [6, 6.07) is -2.83. The first-order valence-electron chi connectivity index (χ1n) is 39.1. The van der Waals surface area contributed by atoms with Crippen LogP contribution in [0.4, 0.5) is 0 Å². The van der Waals surface area contributed by atoms with Crippen LogP contribution in [0.25, 0.3) is 0 Å². The van der Waals surface area contributed by atoms with Gasteiger partial charge in [-0.05, 0) is 96.4 Å². The first-order valence-corrected chi connectivity index (χ1v) is 39.1. The van der Waals surface area contributed by atoms with Gasteiger partial charge in [0, 0.05) is 140 Å². The van der Waals surface area contributed by atoms with Crippen LogP contribution in [0.1, 0.15) is 156 Å². The molecule has 2 aromatic rings. The molecule has 6 heterocycles. The number of nitrogens with two attached hydrogens (primary N) is 3. The van der Waals surface area contributed by atoms with Gasteiger partial charge in [-0.2, -0.15) is 5.10 Å². The summed E-state index contributed by atoms with van der Waals surface area (Å²) in [6.45, 7) is 13.9. The summed E-state index contributed by atoms with van der Waals surface area (Å²) < 4.78 is 50.0. The number of ether oxygens (including phenoxy) is 8. The second-order valence-electron chi connectivity index (χ2n) is 30.5. The molecule has 4 aliphatic rings. The number of nitrogens with one attached hydrogen (secondary N) is 2. The summed E-state index contributed by atoms with van der Waals surface area (Å²) in [6.07, 6.45) is -1.77. The highest BCUT2D eigenvalue weighted by molar-refractivity contribution is 6.31. The summed E-state index contributed by atoms with van der Waals surface area (Å²) in [5, 5.41) is 151. The number of aliphatic hydroxyl groups is 12. The van der Waals surface area contributed by atoms with E-state index in [2.05, 4.69) is 46.3 Å². The molecule has 0 bridgehead atoms. The highest BCUT2D eigenvalue weighted by Gasteiger charge is 2.48. The maximum absolute atomic E-state index is 14.9. The van der Waals surface area contributed by atoms with E-state index >= 15 is 0 Å². The largest absolute Gasteiger partial charge is 0.400 e. The van der Waals surface area contributed by atoms with Crippen molar-refractivity contribution < 1.29 is 114 Å².